The second-order valence-electron chi connectivity index (χ2n) is 8.59. The lowest BCUT2D eigenvalue weighted by Gasteiger charge is -2.46. The molecule has 2 aromatic carbocycles. The Morgan fingerprint density at radius 2 is 1.86 bits per heavy atom. The van der Waals surface area contributed by atoms with E-state index in [2.05, 4.69) is 16.7 Å². The molecule has 3 N–H and O–H groups in total. The Labute approximate surface area is 204 Å². The number of piperazine rings is 1. The number of anilines is 1. The minimum Gasteiger partial charge on any atom is -0.465 e. The summed E-state index contributed by atoms with van der Waals surface area (Å²) in [5.74, 6) is -0.293. The normalized spacial score (nSPS) is 21.3. The van der Waals surface area contributed by atoms with Crippen LogP contribution in [0.3, 0.4) is 0 Å². The van der Waals surface area contributed by atoms with Crippen LogP contribution in [0.15, 0.2) is 66.7 Å². The van der Waals surface area contributed by atoms with Crippen LogP contribution in [0.25, 0.3) is 0 Å². The lowest BCUT2D eigenvalue weighted by molar-refractivity contribution is -0.123. The van der Waals surface area contributed by atoms with E-state index in [9.17, 15) is 19.5 Å². The fourth-order valence-corrected chi connectivity index (χ4v) is 4.38. The van der Waals surface area contributed by atoms with Gasteiger partial charge < -0.3 is 25.0 Å². The summed E-state index contributed by atoms with van der Waals surface area (Å²) in [5, 5.41) is 15.4. The number of amides is 3. The van der Waals surface area contributed by atoms with E-state index < -0.39 is 24.4 Å². The van der Waals surface area contributed by atoms with Gasteiger partial charge in [-0.1, -0.05) is 54.6 Å². The first-order valence-corrected chi connectivity index (χ1v) is 11.8. The van der Waals surface area contributed by atoms with Crippen molar-refractivity contribution in [3.8, 4) is 0 Å². The largest absolute Gasteiger partial charge is 0.465 e. The van der Waals surface area contributed by atoms with Gasteiger partial charge in [-0.15, -0.1) is 0 Å². The zero-order chi connectivity index (χ0) is 24.6. The van der Waals surface area contributed by atoms with Crippen molar-refractivity contribution in [1.29, 1.82) is 0 Å². The zero-order valence-corrected chi connectivity index (χ0v) is 19.4. The molecule has 0 aromatic heterocycles. The van der Waals surface area contributed by atoms with E-state index in [1.807, 2.05) is 60.7 Å². The highest BCUT2D eigenvalue weighted by Gasteiger charge is 2.41. The number of nitrogens with zero attached hydrogens (tertiary/aromatic N) is 2. The van der Waals surface area contributed by atoms with Gasteiger partial charge in [0.2, 0.25) is 5.91 Å². The number of allylic oxidation sites excluding steroid dienone is 1. The van der Waals surface area contributed by atoms with Gasteiger partial charge in [-0.05, 0) is 42.5 Å². The second kappa shape index (κ2) is 11.4. The van der Waals surface area contributed by atoms with Crippen LogP contribution in [0.5, 0.6) is 0 Å². The molecule has 2 heterocycles. The third-order valence-corrected chi connectivity index (χ3v) is 6.11. The Bertz CT molecular complexity index is 1070. The molecule has 2 atom stereocenters. The molecule has 1 fully saturated rings. The summed E-state index contributed by atoms with van der Waals surface area (Å²) in [5.41, 5.74) is 2.67. The topological polar surface area (TPSA) is 111 Å². The number of ether oxygens (including phenoxy) is 1. The number of hydrogen-bond acceptors (Lipinski definition) is 5. The average Bonchev–Trinajstić information content (AvgIpc) is 2.87. The quantitative estimate of drug-likeness (QED) is 0.585. The number of hydrogen-bond donors (Lipinski definition) is 3. The summed E-state index contributed by atoms with van der Waals surface area (Å²) in [4.78, 5) is 40.8. The van der Waals surface area contributed by atoms with Gasteiger partial charge in [0.1, 0.15) is 18.8 Å². The first-order chi connectivity index (χ1) is 17.0. The molecule has 2 aliphatic rings. The van der Waals surface area contributed by atoms with Gasteiger partial charge in [0.15, 0.2) is 0 Å². The smallest absolute Gasteiger partial charge is 0.409 e. The maximum Gasteiger partial charge on any atom is 0.409 e. The van der Waals surface area contributed by atoms with Crippen LogP contribution in [0.2, 0.25) is 0 Å². The minimum absolute atomic E-state index is 0.00860. The van der Waals surface area contributed by atoms with Crippen molar-refractivity contribution in [1.82, 2.24) is 15.5 Å². The van der Waals surface area contributed by atoms with Crippen molar-refractivity contribution in [2.24, 2.45) is 0 Å². The number of benzene rings is 2. The van der Waals surface area contributed by atoms with Crippen molar-refractivity contribution in [3.63, 3.8) is 0 Å². The van der Waals surface area contributed by atoms with E-state index in [1.54, 1.807) is 4.90 Å². The molecular formula is C26H30N4O5. The average molecular weight is 479 g/mol. The second-order valence-corrected chi connectivity index (χ2v) is 8.59. The van der Waals surface area contributed by atoms with E-state index >= 15 is 0 Å². The van der Waals surface area contributed by atoms with Gasteiger partial charge in [-0.3, -0.25) is 10.1 Å². The number of rotatable bonds is 3. The van der Waals surface area contributed by atoms with Crippen LogP contribution in [-0.2, 0) is 22.6 Å². The van der Waals surface area contributed by atoms with E-state index in [4.69, 9.17) is 4.74 Å². The third kappa shape index (κ3) is 6.32. The third-order valence-electron chi connectivity index (χ3n) is 6.11. The van der Waals surface area contributed by atoms with Crippen molar-refractivity contribution in [2.75, 3.05) is 24.5 Å². The Morgan fingerprint density at radius 3 is 2.66 bits per heavy atom. The first-order valence-electron chi connectivity index (χ1n) is 11.8. The molecule has 1 saturated heterocycles. The molecule has 2 unspecified atom stereocenters. The molecule has 0 saturated carbocycles. The van der Waals surface area contributed by atoms with Gasteiger partial charge in [-0.25, -0.2) is 9.59 Å². The predicted molar refractivity (Wildman–Crippen MR) is 131 cm³/mol. The minimum atomic E-state index is -1.15. The molecule has 2 aliphatic heterocycles. The summed E-state index contributed by atoms with van der Waals surface area (Å²) >= 11 is 0. The van der Waals surface area contributed by atoms with Crippen molar-refractivity contribution in [3.05, 3.63) is 77.9 Å². The molecule has 3 amide bonds. The van der Waals surface area contributed by atoms with Crippen molar-refractivity contribution in [2.45, 2.75) is 38.1 Å². The molecule has 184 valence electrons. The number of carbonyl (C=O) groups is 3. The number of carbonyl (C=O) groups excluding carboxylic acids is 2. The van der Waals surface area contributed by atoms with E-state index in [-0.39, 0.29) is 25.6 Å². The highest BCUT2D eigenvalue weighted by Crippen LogP contribution is 2.26. The fourth-order valence-electron chi connectivity index (χ4n) is 4.38. The van der Waals surface area contributed by atoms with Crippen LogP contribution >= 0.6 is 0 Å². The molecule has 9 nitrogen and oxygen atoms in total. The number of carboxylic acid groups (broad SMARTS) is 1. The summed E-state index contributed by atoms with van der Waals surface area (Å²) in [6.07, 6.45) is 3.91. The molecule has 35 heavy (non-hydrogen) atoms. The number of aryl methyl sites for hydroxylation is 1. The van der Waals surface area contributed by atoms with Crippen LogP contribution < -0.4 is 15.5 Å². The summed E-state index contributed by atoms with van der Waals surface area (Å²) in [6.45, 7) is 0.500. The van der Waals surface area contributed by atoms with Gasteiger partial charge in [0.25, 0.3) is 0 Å². The summed E-state index contributed by atoms with van der Waals surface area (Å²) in [6, 6.07) is 16.3. The van der Waals surface area contributed by atoms with Crippen molar-refractivity contribution >= 4 is 23.8 Å². The standard InChI is InChI=1S/C26H30N4O5/c31-24-22-16-29(26(33)34)17-23(28-25(32)35-18-20-10-5-3-6-11-20)30(22)21-13-8-12-19(15-21)9-4-1-2-7-14-27-24/h1-3,5-6,8,10-13,15,22-23H,4,7,9,14,16-18H2,(H,27,31)(H,28,32)(H,33,34)/b2-1-. The van der Waals surface area contributed by atoms with Crippen LogP contribution in [0, 0.1) is 0 Å². The Hall–Kier alpha value is -4.01. The SMILES string of the molecule is O=C(NC1CN(C(=O)O)CC2C(=O)NCC/C=C\CCc3cccc(c3)N12)OCc1ccccc1. The van der Waals surface area contributed by atoms with Gasteiger partial charge in [0.05, 0.1) is 13.1 Å². The van der Waals surface area contributed by atoms with Gasteiger partial charge in [-0.2, -0.15) is 0 Å². The summed E-state index contributed by atoms with van der Waals surface area (Å²) in [7, 11) is 0. The van der Waals surface area contributed by atoms with Gasteiger partial charge >= 0.3 is 12.2 Å². The zero-order valence-electron chi connectivity index (χ0n) is 19.4. The van der Waals surface area contributed by atoms with E-state index in [0.29, 0.717) is 13.0 Å². The molecule has 0 radical (unpaired) electrons. The Morgan fingerprint density at radius 1 is 1.06 bits per heavy atom. The van der Waals surface area contributed by atoms with Crippen molar-refractivity contribution < 1.29 is 24.2 Å². The maximum atomic E-state index is 13.2. The molecule has 2 aromatic rings. The lowest BCUT2D eigenvalue weighted by Crippen LogP contribution is -2.68. The fraction of sp³-hybridized carbons (Fsp3) is 0.346. The first kappa shape index (κ1) is 24.1. The van der Waals surface area contributed by atoms with Gasteiger partial charge in [0, 0.05) is 12.2 Å². The highest BCUT2D eigenvalue weighted by molar-refractivity contribution is 5.87. The summed E-state index contributed by atoms with van der Waals surface area (Å²) < 4.78 is 5.39. The van der Waals surface area contributed by atoms with Crippen LogP contribution in [-0.4, -0.2) is 59.9 Å². The van der Waals surface area contributed by atoms with Crippen LogP contribution in [0.1, 0.15) is 24.0 Å². The number of fused-ring (bicyclic) bond motifs is 4. The van der Waals surface area contributed by atoms with E-state index in [1.165, 1.54) is 0 Å². The van der Waals surface area contributed by atoms with E-state index in [0.717, 1.165) is 34.6 Å². The number of alkyl carbamates (subject to hydrolysis) is 1. The Balaban J connectivity index is 1.62. The molecular weight excluding hydrogens is 448 g/mol. The monoisotopic (exact) mass is 478 g/mol. The lowest BCUT2D eigenvalue weighted by atomic mass is 10.0. The molecule has 0 aliphatic carbocycles. The molecule has 4 rings (SSSR count). The highest BCUT2D eigenvalue weighted by atomic mass is 16.5. The molecule has 2 bridgehead atoms. The molecule has 0 spiro atoms. The number of nitrogens with one attached hydrogen (secondary N) is 2. The van der Waals surface area contributed by atoms with Crippen LogP contribution in [0.4, 0.5) is 15.3 Å². The Kier molecular flexibility index (Phi) is 7.87. The maximum absolute atomic E-state index is 13.2. The molecule has 9 heteroatoms. The predicted octanol–water partition coefficient (Wildman–Crippen LogP) is 3.12.